The van der Waals surface area contributed by atoms with Crippen molar-refractivity contribution in [2.45, 2.75) is 32.6 Å². The van der Waals surface area contributed by atoms with Crippen LogP contribution in [-0.2, 0) is 11.8 Å². The van der Waals surface area contributed by atoms with Gasteiger partial charge in [-0.05, 0) is 6.54 Å². The third-order valence-corrected chi connectivity index (χ3v) is 1.75. The minimum absolute atomic E-state index is 0.0151. The smallest absolute Gasteiger partial charge is 0.152 e. The zero-order valence-corrected chi connectivity index (χ0v) is 8.41. The van der Waals surface area contributed by atoms with Crippen LogP contribution < -0.4 is 5.73 Å². The topological polar surface area (TPSA) is 64.7 Å². The molecule has 1 rings (SSSR count). The molecule has 0 fully saturated rings. The van der Waals surface area contributed by atoms with E-state index in [4.69, 9.17) is 5.73 Å². The van der Waals surface area contributed by atoms with Crippen molar-refractivity contribution >= 4 is 0 Å². The summed E-state index contributed by atoms with van der Waals surface area (Å²) >= 11 is 0. The van der Waals surface area contributed by atoms with Crippen molar-refractivity contribution in [3.63, 3.8) is 0 Å². The van der Waals surface area contributed by atoms with Gasteiger partial charge in [0.15, 0.2) is 5.82 Å². The van der Waals surface area contributed by atoms with Crippen molar-refractivity contribution in [2.75, 3.05) is 6.54 Å². The van der Waals surface area contributed by atoms with Gasteiger partial charge in [0.2, 0.25) is 0 Å². The standard InChI is InChI=1S/C9H16N4/c1-9(2,3)7-6-11-8(4-5-10)13-12-7/h6H,4-5,10H2,1-3H3. The summed E-state index contributed by atoms with van der Waals surface area (Å²) in [5.74, 6) is 0.718. The lowest BCUT2D eigenvalue weighted by molar-refractivity contribution is 0.548. The SMILES string of the molecule is CC(C)(C)c1cnc(CCN)nn1. The van der Waals surface area contributed by atoms with E-state index < -0.39 is 0 Å². The van der Waals surface area contributed by atoms with E-state index in [9.17, 15) is 0 Å². The average Bonchev–Trinajstić information content (AvgIpc) is 2.04. The quantitative estimate of drug-likeness (QED) is 0.726. The number of nitrogens with two attached hydrogens (primary N) is 1. The lowest BCUT2D eigenvalue weighted by Gasteiger charge is -2.15. The molecule has 1 aromatic rings. The maximum absolute atomic E-state index is 5.38. The second-order valence-corrected chi connectivity index (χ2v) is 4.05. The second-order valence-electron chi connectivity index (χ2n) is 4.05. The van der Waals surface area contributed by atoms with Crippen LogP contribution in [0.5, 0.6) is 0 Å². The van der Waals surface area contributed by atoms with Gasteiger partial charge in [-0.1, -0.05) is 20.8 Å². The maximum Gasteiger partial charge on any atom is 0.152 e. The summed E-state index contributed by atoms with van der Waals surface area (Å²) < 4.78 is 0. The van der Waals surface area contributed by atoms with Crippen molar-refractivity contribution in [2.24, 2.45) is 5.73 Å². The van der Waals surface area contributed by atoms with Gasteiger partial charge in [0.25, 0.3) is 0 Å². The molecule has 0 aliphatic carbocycles. The summed E-state index contributed by atoms with van der Waals surface area (Å²) in [4.78, 5) is 4.18. The van der Waals surface area contributed by atoms with Crippen LogP contribution in [0.1, 0.15) is 32.3 Å². The monoisotopic (exact) mass is 180 g/mol. The summed E-state index contributed by atoms with van der Waals surface area (Å²) in [5.41, 5.74) is 6.30. The molecule has 0 aromatic carbocycles. The van der Waals surface area contributed by atoms with Gasteiger partial charge in [-0.3, -0.25) is 0 Å². The van der Waals surface area contributed by atoms with Gasteiger partial charge in [-0.15, -0.1) is 5.10 Å². The third kappa shape index (κ3) is 2.73. The van der Waals surface area contributed by atoms with E-state index in [1.807, 2.05) is 0 Å². The molecule has 0 aliphatic rings. The van der Waals surface area contributed by atoms with Gasteiger partial charge in [0, 0.05) is 11.8 Å². The first-order chi connectivity index (χ1) is 6.04. The summed E-state index contributed by atoms with van der Waals surface area (Å²) in [6.45, 7) is 6.82. The molecule has 0 unspecified atom stereocenters. The van der Waals surface area contributed by atoms with E-state index in [-0.39, 0.29) is 5.41 Å². The summed E-state index contributed by atoms with van der Waals surface area (Å²) in [5, 5.41) is 8.09. The van der Waals surface area contributed by atoms with E-state index in [2.05, 4.69) is 36.0 Å². The summed E-state index contributed by atoms with van der Waals surface area (Å²) in [7, 11) is 0. The molecule has 0 aliphatic heterocycles. The molecule has 0 saturated heterocycles. The number of hydrogen-bond donors (Lipinski definition) is 1. The molecule has 2 N–H and O–H groups in total. The molecule has 1 aromatic heterocycles. The highest BCUT2D eigenvalue weighted by atomic mass is 15.2. The zero-order chi connectivity index (χ0) is 9.90. The lowest BCUT2D eigenvalue weighted by Crippen LogP contribution is -2.16. The van der Waals surface area contributed by atoms with E-state index in [1.165, 1.54) is 0 Å². The minimum atomic E-state index is 0.0151. The van der Waals surface area contributed by atoms with Crippen molar-refractivity contribution in [3.8, 4) is 0 Å². The van der Waals surface area contributed by atoms with Crippen LogP contribution in [-0.4, -0.2) is 21.7 Å². The first-order valence-electron chi connectivity index (χ1n) is 4.43. The van der Waals surface area contributed by atoms with Crippen molar-refractivity contribution < 1.29 is 0 Å². The Bertz CT molecular complexity index is 260. The Balaban J connectivity index is 2.81. The van der Waals surface area contributed by atoms with Gasteiger partial charge in [-0.2, -0.15) is 5.10 Å². The largest absolute Gasteiger partial charge is 0.330 e. The Morgan fingerprint density at radius 1 is 1.31 bits per heavy atom. The maximum atomic E-state index is 5.38. The van der Waals surface area contributed by atoms with Gasteiger partial charge in [0.05, 0.1) is 11.9 Å². The highest BCUT2D eigenvalue weighted by Gasteiger charge is 2.16. The molecular formula is C9H16N4. The van der Waals surface area contributed by atoms with Crippen LogP contribution >= 0.6 is 0 Å². The fraction of sp³-hybridized carbons (Fsp3) is 0.667. The molecule has 1 heterocycles. The molecule has 4 nitrogen and oxygen atoms in total. The molecule has 0 spiro atoms. The molecule has 4 heteroatoms. The Hall–Kier alpha value is -1.03. The van der Waals surface area contributed by atoms with Crippen LogP contribution in [0.3, 0.4) is 0 Å². The summed E-state index contributed by atoms with van der Waals surface area (Å²) in [6.07, 6.45) is 2.47. The Morgan fingerprint density at radius 3 is 2.38 bits per heavy atom. The molecule has 0 atom stereocenters. The number of aromatic nitrogens is 3. The van der Waals surface area contributed by atoms with Crippen LogP contribution in [0.25, 0.3) is 0 Å². The number of hydrogen-bond acceptors (Lipinski definition) is 4. The lowest BCUT2D eigenvalue weighted by atomic mass is 9.93. The second kappa shape index (κ2) is 3.79. The Morgan fingerprint density at radius 2 is 2.00 bits per heavy atom. The van der Waals surface area contributed by atoms with E-state index in [0.717, 1.165) is 11.5 Å². The van der Waals surface area contributed by atoms with E-state index in [0.29, 0.717) is 13.0 Å². The fourth-order valence-corrected chi connectivity index (χ4v) is 0.886. The first-order valence-corrected chi connectivity index (χ1v) is 4.43. The van der Waals surface area contributed by atoms with Crippen molar-refractivity contribution in [1.82, 2.24) is 15.2 Å². The van der Waals surface area contributed by atoms with Gasteiger partial charge < -0.3 is 5.73 Å². The Kier molecular flexibility index (Phi) is 2.93. The predicted octanol–water partition coefficient (Wildman–Crippen LogP) is 0.670. The van der Waals surface area contributed by atoms with Crippen LogP contribution in [0.4, 0.5) is 0 Å². The molecule has 0 radical (unpaired) electrons. The highest BCUT2D eigenvalue weighted by Crippen LogP contribution is 2.17. The fourth-order valence-electron chi connectivity index (χ4n) is 0.886. The van der Waals surface area contributed by atoms with Gasteiger partial charge >= 0.3 is 0 Å². The number of rotatable bonds is 2. The molecule has 13 heavy (non-hydrogen) atoms. The Labute approximate surface area is 78.6 Å². The minimum Gasteiger partial charge on any atom is -0.330 e. The van der Waals surface area contributed by atoms with E-state index in [1.54, 1.807) is 6.20 Å². The third-order valence-electron chi connectivity index (χ3n) is 1.75. The normalized spacial score (nSPS) is 11.7. The average molecular weight is 180 g/mol. The molecule has 72 valence electrons. The van der Waals surface area contributed by atoms with Crippen LogP contribution in [0, 0.1) is 0 Å². The molecule has 0 amide bonds. The van der Waals surface area contributed by atoms with Crippen molar-refractivity contribution in [3.05, 3.63) is 17.7 Å². The molecule has 0 bridgehead atoms. The van der Waals surface area contributed by atoms with Gasteiger partial charge in [-0.25, -0.2) is 4.98 Å². The van der Waals surface area contributed by atoms with Crippen molar-refractivity contribution in [1.29, 1.82) is 0 Å². The first kappa shape index (κ1) is 10.1. The number of nitrogens with zero attached hydrogens (tertiary/aromatic N) is 3. The molecule has 0 saturated carbocycles. The molecular weight excluding hydrogens is 164 g/mol. The highest BCUT2D eigenvalue weighted by molar-refractivity contribution is 5.06. The predicted molar refractivity (Wildman–Crippen MR) is 51.3 cm³/mol. The zero-order valence-electron chi connectivity index (χ0n) is 8.41. The van der Waals surface area contributed by atoms with Crippen LogP contribution in [0.2, 0.25) is 0 Å². The van der Waals surface area contributed by atoms with Gasteiger partial charge in [0.1, 0.15) is 0 Å². The summed E-state index contributed by atoms with van der Waals surface area (Å²) in [6, 6.07) is 0. The van der Waals surface area contributed by atoms with E-state index >= 15 is 0 Å². The van der Waals surface area contributed by atoms with Crippen LogP contribution in [0.15, 0.2) is 6.20 Å².